The van der Waals surface area contributed by atoms with Crippen LogP contribution in [0.5, 0.6) is 11.5 Å². The van der Waals surface area contributed by atoms with E-state index in [1.165, 1.54) is 7.11 Å². The standard InChI is InChI=1S/C16H15NO5S/c1-21-12-7-9(8-13-14(18)17-16(20)23-13)5-6-11(12)22-15(19)10-3-2-4-10/h5-8,10H,2-4H2,1H3,(H,17,18,20)/b13-8-. The second-order valence-corrected chi connectivity index (χ2v) is 6.33. The summed E-state index contributed by atoms with van der Waals surface area (Å²) in [4.78, 5) is 34.9. The molecule has 1 saturated carbocycles. The molecule has 1 aromatic rings. The predicted molar refractivity (Wildman–Crippen MR) is 85.1 cm³/mol. The highest BCUT2D eigenvalue weighted by Gasteiger charge is 2.28. The molecule has 1 aliphatic heterocycles. The lowest BCUT2D eigenvalue weighted by Gasteiger charge is -2.23. The van der Waals surface area contributed by atoms with Crippen molar-refractivity contribution >= 4 is 35.0 Å². The summed E-state index contributed by atoms with van der Waals surface area (Å²) in [6, 6.07) is 4.99. The predicted octanol–water partition coefficient (Wildman–Crippen LogP) is 2.72. The first kappa shape index (κ1) is 15.6. The molecule has 2 aliphatic rings. The summed E-state index contributed by atoms with van der Waals surface area (Å²) >= 11 is 0.847. The Morgan fingerprint density at radius 1 is 1.30 bits per heavy atom. The van der Waals surface area contributed by atoms with Crippen molar-refractivity contribution in [3.05, 3.63) is 28.7 Å². The fourth-order valence-electron chi connectivity index (χ4n) is 2.27. The van der Waals surface area contributed by atoms with Gasteiger partial charge in [-0.15, -0.1) is 0 Å². The average Bonchev–Trinajstić information content (AvgIpc) is 2.76. The van der Waals surface area contributed by atoms with Crippen molar-refractivity contribution < 1.29 is 23.9 Å². The van der Waals surface area contributed by atoms with Gasteiger partial charge in [-0.05, 0) is 48.4 Å². The van der Waals surface area contributed by atoms with Crippen LogP contribution in [0, 0.1) is 5.92 Å². The number of esters is 1. The molecule has 0 radical (unpaired) electrons. The van der Waals surface area contributed by atoms with E-state index in [0.717, 1.165) is 31.0 Å². The second kappa shape index (κ2) is 6.45. The number of ether oxygens (including phenoxy) is 2. The molecule has 3 rings (SSSR count). The third kappa shape index (κ3) is 3.39. The highest BCUT2D eigenvalue weighted by Crippen LogP contribution is 2.34. The van der Waals surface area contributed by atoms with Crippen LogP contribution >= 0.6 is 11.8 Å². The van der Waals surface area contributed by atoms with Gasteiger partial charge in [0.15, 0.2) is 11.5 Å². The van der Waals surface area contributed by atoms with Crippen LogP contribution in [-0.2, 0) is 9.59 Å². The maximum Gasteiger partial charge on any atom is 0.314 e. The zero-order valence-corrected chi connectivity index (χ0v) is 13.3. The molecule has 0 bridgehead atoms. The van der Waals surface area contributed by atoms with Gasteiger partial charge in [0.25, 0.3) is 11.1 Å². The zero-order chi connectivity index (χ0) is 16.4. The van der Waals surface area contributed by atoms with Crippen molar-refractivity contribution in [2.75, 3.05) is 7.11 Å². The number of hydrogen-bond acceptors (Lipinski definition) is 6. The van der Waals surface area contributed by atoms with Crippen LogP contribution in [0.3, 0.4) is 0 Å². The van der Waals surface area contributed by atoms with Crippen LogP contribution in [-0.4, -0.2) is 24.2 Å². The molecule has 120 valence electrons. The molecule has 6 nitrogen and oxygen atoms in total. The van der Waals surface area contributed by atoms with Gasteiger partial charge in [0, 0.05) is 0 Å². The summed E-state index contributed by atoms with van der Waals surface area (Å²) in [5, 5.41) is 1.81. The van der Waals surface area contributed by atoms with Gasteiger partial charge in [-0.3, -0.25) is 19.7 Å². The Balaban J connectivity index is 1.79. The zero-order valence-electron chi connectivity index (χ0n) is 12.5. The molecule has 7 heteroatoms. The van der Waals surface area contributed by atoms with Gasteiger partial charge in [0.2, 0.25) is 0 Å². The quantitative estimate of drug-likeness (QED) is 0.518. The first-order valence-corrected chi connectivity index (χ1v) is 8.03. The van der Waals surface area contributed by atoms with Gasteiger partial charge >= 0.3 is 5.97 Å². The van der Waals surface area contributed by atoms with E-state index in [0.29, 0.717) is 22.0 Å². The fourth-order valence-corrected chi connectivity index (χ4v) is 2.95. The second-order valence-electron chi connectivity index (χ2n) is 5.31. The lowest BCUT2D eigenvalue weighted by Crippen LogP contribution is -2.26. The number of rotatable bonds is 4. The number of nitrogens with one attached hydrogen (secondary N) is 1. The molecule has 1 aromatic carbocycles. The summed E-state index contributed by atoms with van der Waals surface area (Å²) in [5.74, 6) is 0.0791. The molecule has 1 N–H and O–H groups in total. The number of amides is 2. The molecule has 1 heterocycles. The van der Waals surface area contributed by atoms with E-state index >= 15 is 0 Å². The summed E-state index contributed by atoms with van der Waals surface area (Å²) in [6.07, 6.45) is 4.38. The van der Waals surface area contributed by atoms with Crippen LogP contribution in [0.15, 0.2) is 23.1 Å². The highest BCUT2D eigenvalue weighted by atomic mass is 32.2. The highest BCUT2D eigenvalue weighted by molar-refractivity contribution is 8.18. The topological polar surface area (TPSA) is 81.7 Å². The van der Waals surface area contributed by atoms with E-state index in [-0.39, 0.29) is 17.1 Å². The Labute approximate surface area is 137 Å². The minimum Gasteiger partial charge on any atom is -0.493 e. The van der Waals surface area contributed by atoms with E-state index in [4.69, 9.17) is 9.47 Å². The van der Waals surface area contributed by atoms with Crippen molar-refractivity contribution in [3.8, 4) is 11.5 Å². The maximum absolute atomic E-state index is 11.9. The van der Waals surface area contributed by atoms with Gasteiger partial charge in [0.1, 0.15) is 0 Å². The minimum atomic E-state index is -0.417. The molecule has 0 spiro atoms. The summed E-state index contributed by atoms with van der Waals surface area (Å²) in [7, 11) is 1.48. The van der Waals surface area contributed by atoms with E-state index in [9.17, 15) is 14.4 Å². The SMILES string of the molecule is COc1cc(/C=C2\SC(=O)NC2=O)ccc1OC(=O)C1CCC1. The summed E-state index contributed by atoms with van der Waals surface area (Å²) < 4.78 is 10.6. The van der Waals surface area contributed by atoms with Crippen LogP contribution < -0.4 is 14.8 Å². The number of imide groups is 1. The fraction of sp³-hybridized carbons (Fsp3) is 0.312. The molecule has 23 heavy (non-hydrogen) atoms. The van der Waals surface area contributed by atoms with E-state index in [1.54, 1.807) is 24.3 Å². The van der Waals surface area contributed by atoms with Crippen molar-refractivity contribution in [1.29, 1.82) is 0 Å². The largest absolute Gasteiger partial charge is 0.493 e. The van der Waals surface area contributed by atoms with E-state index < -0.39 is 5.91 Å². The van der Waals surface area contributed by atoms with Gasteiger partial charge in [-0.1, -0.05) is 12.5 Å². The van der Waals surface area contributed by atoms with Crippen LogP contribution in [0.25, 0.3) is 6.08 Å². The molecular weight excluding hydrogens is 318 g/mol. The normalized spacial score (nSPS) is 19.4. The smallest absolute Gasteiger partial charge is 0.314 e. The maximum atomic E-state index is 11.9. The first-order valence-electron chi connectivity index (χ1n) is 7.21. The van der Waals surface area contributed by atoms with Crippen molar-refractivity contribution in [3.63, 3.8) is 0 Å². The number of benzene rings is 1. The van der Waals surface area contributed by atoms with Crippen molar-refractivity contribution in [2.24, 2.45) is 5.92 Å². The van der Waals surface area contributed by atoms with Crippen LogP contribution in [0.1, 0.15) is 24.8 Å². The minimum absolute atomic E-state index is 0.0221. The molecule has 0 aromatic heterocycles. The van der Waals surface area contributed by atoms with E-state index in [2.05, 4.69) is 5.32 Å². The number of carbonyl (C=O) groups is 3. The number of carbonyl (C=O) groups excluding carboxylic acids is 3. The lowest BCUT2D eigenvalue weighted by molar-refractivity contribution is -0.141. The van der Waals surface area contributed by atoms with E-state index in [1.807, 2.05) is 0 Å². The Morgan fingerprint density at radius 2 is 2.09 bits per heavy atom. The third-order valence-electron chi connectivity index (χ3n) is 3.78. The summed E-state index contributed by atoms with van der Waals surface area (Å²) in [5.41, 5.74) is 0.678. The van der Waals surface area contributed by atoms with Crippen LogP contribution in [0.2, 0.25) is 0 Å². The number of thioether (sulfide) groups is 1. The first-order chi connectivity index (χ1) is 11.1. The molecule has 2 amide bonds. The molecule has 1 saturated heterocycles. The van der Waals surface area contributed by atoms with Gasteiger partial charge in [-0.2, -0.15) is 0 Å². The third-order valence-corrected chi connectivity index (χ3v) is 4.59. The van der Waals surface area contributed by atoms with Gasteiger partial charge in [-0.25, -0.2) is 0 Å². The number of methoxy groups -OCH3 is 1. The summed E-state index contributed by atoms with van der Waals surface area (Å²) in [6.45, 7) is 0. The molecular formula is C16H15NO5S. The molecule has 0 atom stereocenters. The number of hydrogen-bond donors (Lipinski definition) is 1. The lowest BCUT2D eigenvalue weighted by atomic mass is 9.86. The Hall–Kier alpha value is -2.28. The molecule has 2 fully saturated rings. The van der Waals surface area contributed by atoms with Gasteiger partial charge in [0.05, 0.1) is 17.9 Å². The average molecular weight is 333 g/mol. The van der Waals surface area contributed by atoms with Gasteiger partial charge < -0.3 is 9.47 Å². The molecule has 1 aliphatic carbocycles. The Morgan fingerprint density at radius 3 is 2.65 bits per heavy atom. The molecule has 0 unspecified atom stereocenters. The van der Waals surface area contributed by atoms with Crippen molar-refractivity contribution in [2.45, 2.75) is 19.3 Å². The van der Waals surface area contributed by atoms with Crippen molar-refractivity contribution in [1.82, 2.24) is 5.32 Å². The van der Waals surface area contributed by atoms with Crippen LogP contribution in [0.4, 0.5) is 4.79 Å². The Kier molecular flexibility index (Phi) is 4.38. The Bertz CT molecular complexity index is 708. The monoisotopic (exact) mass is 333 g/mol.